The maximum absolute atomic E-state index is 16.4. The summed E-state index contributed by atoms with van der Waals surface area (Å²) in [6.45, 7) is -11.1. The van der Waals surface area contributed by atoms with E-state index in [1.807, 2.05) is 218 Å². The third kappa shape index (κ3) is 9.62. The molecule has 0 aromatic heterocycles. The van der Waals surface area contributed by atoms with Crippen LogP contribution in [0.25, 0.3) is 22.3 Å². The van der Waals surface area contributed by atoms with Gasteiger partial charge in [0.05, 0.1) is 0 Å². The van der Waals surface area contributed by atoms with E-state index < -0.39 is 85.4 Å². The SMILES string of the molecule is O=C(CP(OB(Oc1cc(C(F)(F)F)cc(C(F)(F)F)c1)OP(CC(=O)c1ccccc1)(c1ccccc1)(c1ccccc1)C1c2ccccc2-c2ccccc21)(c1ccccc1)(c1ccccc1)C1c2ccccc2-c2ccccc21)c1ccccc1. The second-order valence-electron chi connectivity index (χ2n) is 22.3. The molecule has 0 saturated carbocycles. The molecule has 0 unspecified atom stereocenters. The molecule has 5 nitrogen and oxygen atoms in total. The van der Waals surface area contributed by atoms with Crippen molar-refractivity contribution < 1.29 is 49.5 Å². The molecule has 0 fully saturated rings. The summed E-state index contributed by atoms with van der Waals surface area (Å²) in [6, 6.07) is 86.3. The zero-order valence-corrected chi connectivity index (χ0v) is 48.9. The molecule has 0 aliphatic heterocycles. The van der Waals surface area contributed by atoms with E-state index in [9.17, 15) is 0 Å². The summed E-state index contributed by atoms with van der Waals surface area (Å²) in [5, 5.41) is 1.92. The molecule has 2 aliphatic rings. The summed E-state index contributed by atoms with van der Waals surface area (Å²) in [4.78, 5) is 32.8. The van der Waals surface area contributed by atoms with Gasteiger partial charge in [-0.15, -0.1) is 0 Å². The first-order valence-corrected chi connectivity index (χ1v) is 33.5. The van der Waals surface area contributed by atoms with Crippen LogP contribution in [0.5, 0.6) is 5.75 Å². The summed E-state index contributed by atoms with van der Waals surface area (Å²) >= 11 is 0. The van der Waals surface area contributed by atoms with Crippen molar-refractivity contribution in [2.24, 2.45) is 0 Å². The number of halogens is 6. The first kappa shape index (κ1) is 58.0. The number of fused-ring (bicyclic) bond motifs is 6. The minimum atomic E-state index is -5.54. The predicted molar refractivity (Wildman–Crippen MR) is 342 cm³/mol. The van der Waals surface area contributed by atoms with E-state index >= 15 is 35.9 Å². The van der Waals surface area contributed by atoms with Crippen molar-refractivity contribution >= 4 is 53.8 Å². The van der Waals surface area contributed by atoms with Crippen LogP contribution in [0.3, 0.4) is 0 Å². The average molecular weight is 1210 g/mol. The number of Topliss-reactive ketones (excluding diaryl/α,β-unsaturated/α-hetero) is 2. The Morgan fingerprint density at radius 2 is 0.591 bits per heavy atom. The predicted octanol–water partition coefficient (Wildman–Crippen LogP) is 17.7. The molecule has 0 radical (unpaired) electrons. The van der Waals surface area contributed by atoms with Crippen LogP contribution in [0.15, 0.2) is 297 Å². The van der Waals surface area contributed by atoms with Gasteiger partial charge in [-0.2, -0.15) is 0 Å². The molecule has 0 saturated heterocycles. The second kappa shape index (κ2) is 22.6. The Balaban J connectivity index is 1.24. The number of ketones is 2. The van der Waals surface area contributed by atoms with Crippen LogP contribution in [0, 0.1) is 0 Å². The minimum absolute atomic E-state index is 0.0430. The second-order valence-corrected chi connectivity index (χ2v) is 31.6. The van der Waals surface area contributed by atoms with Gasteiger partial charge < -0.3 is 0 Å². The van der Waals surface area contributed by atoms with Crippen LogP contribution >= 0.6 is 13.7 Å². The number of carbonyl (C=O) groups is 2. The zero-order chi connectivity index (χ0) is 60.8. The van der Waals surface area contributed by atoms with Crippen LogP contribution < -0.4 is 25.9 Å². The van der Waals surface area contributed by atoms with Crippen molar-refractivity contribution in [1.82, 2.24) is 0 Å². The average Bonchev–Trinajstić information content (AvgIpc) is 1.16. The van der Waals surface area contributed by atoms with Crippen LogP contribution in [0.1, 0.15) is 65.4 Å². The summed E-state index contributed by atoms with van der Waals surface area (Å²) in [6.07, 6.45) is -11.6. The number of hydrogen-bond donors (Lipinski definition) is 0. The Kier molecular flexibility index (Phi) is 14.9. The van der Waals surface area contributed by atoms with Gasteiger partial charge >= 0.3 is 509 Å². The van der Waals surface area contributed by atoms with Gasteiger partial charge in [-0.3, -0.25) is 0 Å². The number of carbonyl (C=O) groups excluding carboxylic acids is 2. The molecular formula is C74H55BF6O5P2. The van der Waals surface area contributed by atoms with E-state index in [0.717, 1.165) is 44.5 Å². The maximum atomic E-state index is 16.4. The molecule has 13 rings (SSSR count). The molecule has 0 atom stereocenters. The topological polar surface area (TPSA) is 61.8 Å². The third-order valence-corrected chi connectivity index (χ3v) is 29.7. The fourth-order valence-corrected chi connectivity index (χ4v) is 26.8. The molecular weight excluding hydrogens is 1160 g/mol. The van der Waals surface area contributed by atoms with Crippen LogP contribution in [-0.4, -0.2) is 31.2 Å². The number of rotatable bonds is 18. The van der Waals surface area contributed by atoms with Crippen molar-refractivity contribution in [2.45, 2.75) is 23.7 Å². The van der Waals surface area contributed by atoms with Gasteiger partial charge in [-0.1, -0.05) is 0 Å². The van der Waals surface area contributed by atoms with Gasteiger partial charge in [0.15, 0.2) is 0 Å². The van der Waals surface area contributed by atoms with Crippen LogP contribution in [0.2, 0.25) is 0 Å². The van der Waals surface area contributed by atoms with Gasteiger partial charge in [0.25, 0.3) is 0 Å². The van der Waals surface area contributed by atoms with Gasteiger partial charge in [-0.05, 0) is 0 Å². The van der Waals surface area contributed by atoms with Crippen molar-refractivity contribution in [1.29, 1.82) is 0 Å². The molecule has 0 bridgehead atoms. The third-order valence-electron chi connectivity index (χ3n) is 17.5. The van der Waals surface area contributed by atoms with Crippen molar-refractivity contribution in [3.63, 3.8) is 0 Å². The van der Waals surface area contributed by atoms with Gasteiger partial charge in [0.2, 0.25) is 0 Å². The van der Waals surface area contributed by atoms with Crippen molar-refractivity contribution in [3.8, 4) is 28.0 Å². The fraction of sp³-hybridized carbons (Fsp3) is 0.0811. The van der Waals surface area contributed by atoms with Gasteiger partial charge in [0, 0.05) is 0 Å². The molecule has 2 aliphatic carbocycles. The Labute approximate surface area is 506 Å². The molecule has 0 amide bonds. The molecule has 0 heterocycles. The number of alkyl halides is 6. The van der Waals surface area contributed by atoms with E-state index in [1.165, 1.54) is 0 Å². The first-order valence-electron chi connectivity index (χ1n) is 28.7. The molecule has 11 aromatic rings. The van der Waals surface area contributed by atoms with Gasteiger partial charge in [-0.25, -0.2) is 0 Å². The fourth-order valence-electron chi connectivity index (χ4n) is 13.9. The zero-order valence-electron chi connectivity index (χ0n) is 47.1. The van der Waals surface area contributed by atoms with E-state index in [-0.39, 0.29) is 6.07 Å². The van der Waals surface area contributed by atoms with Crippen molar-refractivity contribution in [2.75, 3.05) is 12.3 Å². The summed E-state index contributed by atoms with van der Waals surface area (Å²) in [5.41, 5.74) is 1.52. The van der Waals surface area contributed by atoms with Gasteiger partial charge in [0.1, 0.15) is 0 Å². The summed E-state index contributed by atoms with van der Waals surface area (Å²) in [5.74, 6) is -1.70. The molecule has 0 N–H and O–H groups in total. The van der Waals surface area contributed by atoms with E-state index in [2.05, 4.69) is 0 Å². The Morgan fingerprint density at radius 1 is 0.341 bits per heavy atom. The van der Waals surface area contributed by atoms with Crippen molar-refractivity contribution in [3.05, 3.63) is 342 Å². The van der Waals surface area contributed by atoms with E-state index in [4.69, 9.17) is 13.5 Å². The standard InChI is InChI=1S/C74H55BF6O5P2/c76-73(77,78)54-47-55(74(79,80)81)49-56(48-54)84-75(85-87(57-31-11-3-12-32-57,58-33-13-4-14-34-58,50-69(82)52-27-7-1-8-28-52)71-65-43-23-19-39-61(65)62-40-20-24-44-66(62)71)86-88(59-35-15-5-16-36-59,60-37-17-6-18-38-60,51-70(83)53-29-9-2-10-30-53)72-67-45-25-21-41-63(67)64-42-22-26-46-68(64)72/h1-49,71-72H,50-51H2. The Morgan fingerprint density at radius 3 is 0.864 bits per heavy atom. The normalized spacial score (nSPS) is 14.0. The first-order chi connectivity index (χ1) is 42.6. The van der Waals surface area contributed by atoms with E-state index in [0.29, 0.717) is 44.5 Å². The molecule has 11 aromatic carbocycles. The van der Waals surface area contributed by atoms with E-state index in [1.54, 1.807) is 60.7 Å². The molecule has 436 valence electrons. The summed E-state index contributed by atoms with van der Waals surface area (Å²) in [7, 11) is -2.42. The van der Waals surface area contributed by atoms with Crippen LogP contribution in [0.4, 0.5) is 26.3 Å². The Bertz CT molecular complexity index is 3940. The molecule has 14 heteroatoms. The monoisotopic (exact) mass is 1210 g/mol. The molecule has 88 heavy (non-hydrogen) atoms. The van der Waals surface area contributed by atoms with Crippen LogP contribution in [-0.2, 0) is 21.2 Å². The number of benzene rings is 11. The molecule has 0 spiro atoms. The Hall–Kier alpha value is -9.02. The summed E-state index contributed by atoms with van der Waals surface area (Å²) < 4.78 is 117. The quantitative estimate of drug-likeness (QED) is 0.0371. The number of hydrogen-bond acceptors (Lipinski definition) is 5.